The lowest BCUT2D eigenvalue weighted by Gasteiger charge is -2.45. The second-order valence-corrected chi connectivity index (χ2v) is 6.36. The molecule has 118 valence electrons. The molecule has 21 heavy (non-hydrogen) atoms. The van der Waals surface area contributed by atoms with Crippen molar-refractivity contribution in [3.8, 4) is 0 Å². The lowest BCUT2D eigenvalue weighted by molar-refractivity contribution is -0.150. The van der Waals surface area contributed by atoms with Crippen LogP contribution in [0.15, 0.2) is 16.7 Å². The first-order valence-electron chi connectivity index (χ1n) is 8.23. The van der Waals surface area contributed by atoms with Crippen LogP contribution in [0, 0.1) is 12.8 Å². The Balaban J connectivity index is 1.77. The molecule has 2 atom stereocenters. The van der Waals surface area contributed by atoms with E-state index in [-0.39, 0.29) is 5.60 Å². The first-order valence-corrected chi connectivity index (χ1v) is 8.23. The van der Waals surface area contributed by atoms with Crippen LogP contribution in [-0.2, 0) is 9.47 Å². The van der Waals surface area contributed by atoms with Crippen LogP contribution in [-0.4, -0.2) is 32.0 Å². The van der Waals surface area contributed by atoms with Gasteiger partial charge in [-0.3, -0.25) is 0 Å². The summed E-state index contributed by atoms with van der Waals surface area (Å²) < 4.78 is 17.2. The normalized spacial score (nSPS) is 26.9. The maximum atomic E-state index is 6.18. The van der Waals surface area contributed by atoms with Gasteiger partial charge in [0.05, 0.1) is 11.9 Å². The minimum absolute atomic E-state index is 0.0481. The number of furan rings is 1. The van der Waals surface area contributed by atoms with Crippen molar-refractivity contribution in [1.82, 2.24) is 5.32 Å². The lowest BCUT2D eigenvalue weighted by Crippen LogP contribution is -2.47. The summed E-state index contributed by atoms with van der Waals surface area (Å²) in [7, 11) is 0. The molecule has 1 spiro atoms. The fraction of sp³-hybridized carbons (Fsp3) is 0.765. The predicted molar refractivity (Wildman–Crippen MR) is 81.3 cm³/mol. The van der Waals surface area contributed by atoms with Gasteiger partial charge in [0.1, 0.15) is 5.76 Å². The van der Waals surface area contributed by atoms with Crippen molar-refractivity contribution >= 4 is 0 Å². The Labute approximate surface area is 127 Å². The summed E-state index contributed by atoms with van der Waals surface area (Å²) in [6.07, 6.45) is 6.11. The smallest absolute Gasteiger partial charge is 0.105 e. The van der Waals surface area contributed by atoms with Gasteiger partial charge in [0, 0.05) is 31.4 Å². The van der Waals surface area contributed by atoms with Crippen LogP contribution in [0.3, 0.4) is 0 Å². The van der Waals surface area contributed by atoms with E-state index in [9.17, 15) is 0 Å². The molecular formula is C17H27NO3. The molecule has 0 saturated carbocycles. The average Bonchev–Trinajstić information content (AvgIpc) is 2.91. The van der Waals surface area contributed by atoms with E-state index < -0.39 is 0 Å². The highest BCUT2D eigenvalue weighted by Crippen LogP contribution is 2.42. The quantitative estimate of drug-likeness (QED) is 0.925. The van der Waals surface area contributed by atoms with Crippen molar-refractivity contribution < 1.29 is 13.9 Å². The van der Waals surface area contributed by atoms with E-state index in [2.05, 4.69) is 25.2 Å². The van der Waals surface area contributed by atoms with Crippen LogP contribution >= 0.6 is 0 Å². The lowest BCUT2D eigenvalue weighted by atomic mass is 9.76. The van der Waals surface area contributed by atoms with Gasteiger partial charge in [-0.25, -0.2) is 0 Å². The Hall–Kier alpha value is -0.840. The largest absolute Gasteiger partial charge is 0.469 e. The molecule has 0 radical (unpaired) electrons. The van der Waals surface area contributed by atoms with Crippen LogP contribution < -0.4 is 5.32 Å². The van der Waals surface area contributed by atoms with Crippen LogP contribution in [0.1, 0.15) is 50.0 Å². The van der Waals surface area contributed by atoms with E-state index >= 15 is 0 Å². The summed E-state index contributed by atoms with van der Waals surface area (Å²) in [4.78, 5) is 0. The van der Waals surface area contributed by atoms with Gasteiger partial charge < -0.3 is 19.2 Å². The Morgan fingerprint density at radius 1 is 1.33 bits per heavy atom. The molecule has 2 saturated heterocycles. The third kappa shape index (κ3) is 3.17. The molecule has 3 rings (SSSR count). The number of aryl methyl sites for hydroxylation is 1. The maximum absolute atomic E-state index is 6.18. The van der Waals surface area contributed by atoms with Crippen LogP contribution in [0.25, 0.3) is 0 Å². The van der Waals surface area contributed by atoms with E-state index in [0.29, 0.717) is 12.0 Å². The zero-order valence-corrected chi connectivity index (χ0v) is 13.2. The van der Waals surface area contributed by atoms with Gasteiger partial charge in [0.25, 0.3) is 0 Å². The summed E-state index contributed by atoms with van der Waals surface area (Å²) >= 11 is 0. The Bertz CT molecular complexity index is 445. The minimum Gasteiger partial charge on any atom is -0.469 e. The van der Waals surface area contributed by atoms with Crippen LogP contribution in [0.4, 0.5) is 0 Å². The zero-order valence-electron chi connectivity index (χ0n) is 13.2. The first kappa shape index (κ1) is 15.1. The standard InChI is InChI=1S/C17H27NO3/c1-3-18-16(15-5-8-20-13(15)2)14-4-9-21-17(12-14)6-10-19-11-7-17/h5,8,14,16,18H,3-4,6-7,9-12H2,1-2H3. The minimum atomic E-state index is 0.0481. The molecule has 3 heterocycles. The summed E-state index contributed by atoms with van der Waals surface area (Å²) in [5.41, 5.74) is 1.36. The fourth-order valence-electron chi connectivity index (χ4n) is 3.91. The van der Waals surface area contributed by atoms with Crippen molar-refractivity contribution in [3.05, 3.63) is 23.7 Å². The van der Waals surface area contributed by atoms with Gasteiger partial charge in [-0.2, -0.15) is 0 Å². The molecule has 2 aliphatic rings. The third-order valence-corrected chi connectivity index (χ3v) is 5.06. The summed E-state index contributed by atoms with van der Waals surface area (Å²) in [5.74, 6) is 1.64. The van der Waals surface area contributed by atoms with Crippen molar-refractivity contribution in [1.29, 1.82) is 0 Å². The van der Waals surface area contributed by atoms with E-state index in [4.69, 9.17) is 13.9 Å². The number of hydrogen-bond donors (Lipinski definition) is 1. The molecule has 2 unspecified atom stereocenters. The van der Waals surface area contributed by atoms with Gasteiger partial charge in [-0.1, -0.05) is 6.92 Å². The molecule has 0 aromatic carbocycles. The maximum Gasteiger partial charge on any atom is 0.105 e. The molecule has 1 N–H and O–H groups in total. The van der Waals surface area contributed by atoms with Gasteiger partial charge in [-0.05, 0) is 51.1 Å². The second kappa shape index (κ2) is 6.51. The van der Waals surface area contributed by atoms with Gasteiger partial charge in [0.15, 0.2) is 0 Å². The Morgan fingerprint density at radius 3 is 2.81 bits per heavy atom. The molecule has 4 nitrogen and oxygen atoms in total. The van der Waals surface area contributed by atoms with Crippen LogP contribution in [0.2, 0.25) is 0 Å². The highest BCUT2D eigenvalue weighted by molar-refractivity contribution is 5.21. The Morgan fingerprint density at radius 2 is 2.14 bits per heavy atom. The van der Waals surface area contributed by atoms with Crippen molar-refractivity contribution in [2.24, 2.45) is 5.92 Å². The van der Waals surface area contributed by atoms with E-state index in [1.54, 1.807) is 6.26 Å². The monoisotopic (exact) mass is 293 g/mol. The number of rotatable bonds is 4. The molecule has 0 amide bonds. The van der Waals surface area contributed by atoms with Gasteiger partial charge in [0.2, 0.25) is 0 Å². The molecule has 0 aliphatic carbocycles. The van der Waals surface area contributed by atoms with Crippen LogP contribution in [0.5, 0.6) is 0 Å². The zero-order chi connectivity index (χ0) is 14.7. The molecule has 2 fully saturated rings. The average molecular weight is 293 g/mol. The number of nitrogens with one attached hydrogen (secondary N) is 1. The highest BCUT2D eigenvalue weighted by Gasteiger charge is 2.41. The molecule has 0 bridgehead atoms. The number of hydrogen-bond acceptors (Lipinski definition) is 4. The summed E-state index contributed by atoms with van der Waals surface area (Å²) in [6, 6.07) is 2.49. The topological polar surface area (TPSA) is 43.6 Å². The predicted octanol–water partition coefficient (Wildman–Crippen LogP) is 3.21. The molecule has 1 aromatic rings. The number of ether oxygens (including phenoxy) is 2. The molecular weight excluding hydrogens is 266 g/mol. The van der Waals surface area contributed by atoms with E-state index in [1.165, 1.54) is 5.56 Å². The first-order chi connectivity index (χ1) is 10.2. The van der Waals surface area contributed by atoms with Crippen molar-refractivity contribution in [2.75, 3.05) is 26.4 Å². The molecule has 1 aromatic heterocycles. The second-order valence-electron chi connectivity index (χ2n) is 6.36. The summed E-state index contributed by atoms with van der Waals surface area (Å²) in [5, 5.41) is 3.67. The van der Waals surface area contributed by atoms with Gasteiger partial charge >= 0.3 is 0 Å². The van der Waals surface area contributed by atoms with E-state index in [0.717, 1.165) is 57.8 Å². The third-order valence-electron chi connectivity index (χ3n) is 5.06. The SMILES string of the molecule is CCNC(c1ccoc1C)C1CCOC2(CCOCC2)C1. The Kier molecular flexibility index (Phi) is 4.67. The van der Waals surface area contributed by atoms with Gasteiger partial charge in [-0.15, -0.1) is 0 Å². The molecule has 4 heteroatoms. The van der Waals surface area contributed by atoms with Crippen molar-refractivity contribution in [3.63, 3.8) is 0 Å². The van der Waals surface area contributed by atoms with E-state index in [1.807, 2.05) is 0 Å². The molecule has 2 aliphatic heterocycles. The summed E-state index contributed by atoms with van der Waals surface area (Å²) in [6.45, 7) is 7.74. The highest BCUT2D eigenvalue weighted by atomic mass is 16.5. The fourth-order valence-corrected chi connectivity index (χ4v) is 3.91. The van der Waals surface area contributed by atoms with Crippen molar-refractivity contribution in [2.45, 2.75) is 51.2 Å².